The van der Waals surface area contributed by atoms with E-state index in [1.807, 2.05) is 54.6 Å². The number of aromatic nitrogens is 2. The molecule has 0 aliphatic carbocycles. The second-order valence-electron chi connectivity index (χ2n) is 7.77. The van der Waals surface area contributed by atoms with Crippen LogP contribution in [0, 0.1) is 0 Å². The monoisotopic (exact) mass is 460 g/mol. The van der Waals surface area contributed by atoms with E-state index in [4.69, 9.17) is 15.5 Å². The number of amides is 2. The number of nitrogens with zero attached hydrogens (tertiary/aromatic N) is 2. The molecule has 7 heteroatoms. The summed E-state index contributed by atoms with van der Waals surface area (Å²) < 4.78 is 5.70. The molecule has 0 atom stereocenters. The number of nitrogens with one attached hydrogen (secondary N) is 1. The minimum atomic E-state index is -0.541. The summed E-state index contributed by atoms with van der Waals surface area (Å²) in [5, 5.41) is 3.65. The van der Waals surface area contributed by atoms with Crippen LogP contribution in [0.5, 0.6) is 11.6 Å². The van der Waals surface area contributed by atoms with Crippen molar-refractivity contribution in [3.8, 4) is 22.9 Å². The maximum Gasteiger partial charge on any atom is 0.256 e. The molecule has 170 valence electrons. The molecule has 0 radical (unpaired) electrons. The molecule has 0 saturated carbocycles. The third-order valence-corrected chi connectivity index (χ3v) is 5.37. The molecule has 2 heterocycles. The number of benzene rings is 3. The molecule has 2 amide bonds. The molecule has 0 bridgehead atoms. The number of primary amides is 1. The first-order chi connectivity index (χ1) is 17.1. The van der Waals surface area contributed by atoms with E-state index in [0.717, 1.165) is 22.2 Å². The number of carbonyl (C=O) groups is 2. The Morgan fingerprint density at radius 1 is 0.829 bits per heavy atom. The fraction of sp³-hybridized carbons (Fsp3) is 0. The third-order valence-electron chi connectivity index (χ3n) is 5.37. The summed E-state index contributed by atoms with van der Waals surface area (Å²) >= 11 is 0. The summed E-state index contributed by atoms with van der Waals surface area (Å²) in [4.78, 5) is 33.6. The van der Waals surface area contributed by atoms with Gasteiger partial charge in [0.05, 0.1) is 28.7 Å². The third kappa shape index (κ3) is 4.84. The normalized spacial score (nSPS) is 10.6. The molecule has 5 rings (SSSR count). The maximum absolute atomic E-state index is 13.2. The number of pyridine rings is 2. The van der Waals surface area contributed by atoms with Crippen LogP contribution in [0.2, 0.25) is 0 Å². The van der Waals surface area contributed by atoms with Gasteiger partial charge in [0.1, 0.15) is 5.75 Å². The zero-order valence-corrected chi connectivity index (χ0v) is 18.5. The summed E-state index contributed by atoms with van der Waals surface area (Å²) in [5.41, 5.74) is 9.05. The summed E-state index contributed by atoms with van der Waals surface area (Å²) in [6.45, 7) is 0. The van der Waals surface area contributed by atoms with E-state index in [9.17, 15) is 9.59 Å². The SMILES string of the molecule is NC(=O)c1cccc(Oc2ccc(NC(=O)c3cc(-c4ccccc4)nc4ccccc34)cn2)c1. The zero-order chi connectivity index (χ0) is 24.2. The van der Waals surface area contributed by atoms with Gasteiger partial charge in [-0.05, 0) is 36.4 Å². The van der Waals surface area contributed by atoms with Crippen molar-refractivity contribution in [3.05, 3.63) is 114 Å². The van der Waals surface area contributed by atoms with Crippen LogP contribution in [0.25, 0.3) is 22.2 Å². The first kappa shape index (κ1) is 21.8. The molecule has 3 N–H and O–H groups in total. The van der Waals surface area contributed by atoms with E-state index in [1.165, 1.54) is 6.20 Å². The van der Waals surface area contributed by atoms with Crippen molar-refractivity contribution in [2.24, 2.45) is 5.73 Å². The molecule has 0 spiro atoms. The topological polar surface area (TPSA) is 107 Å². The van der Waals surface area contributed by atoms with Crippen molar-refractivity contribution < 1.29 is 14.3 Å². The molecule has 3 aromatic carbocycles. The van der Waals surface area contributed by atoms with E-state index in [1.54, 1.807) is 42.5 Å². The number of rotatable bonds is 6. The Kier molecular flexibility index (Phi) is 5.88. The maximum atomic E-state index is 13.2. The van der Waals surface area contributed by atoms with Gasteiger partial charge in [-0.15, -0.1) is 0 Å². The van der Waals surface area contributed by atoms with Gasteiger partial charge in [-0.1, -0.05) is 54.6 Å². The fourth-order valence-corrected chi connectivity index (χ4v) is 3.67. The van der Waals surface area contributed by atoms with Crippen LogP contribution in [-0.4, -0.2) is 21.8 Å². The van der Waals surface area contributed by atoms with E-state index < -0.39 is 5.91 Å². The minimum absolute atomic E-state index is 0.273. The van der Waals surface area contributed by atoms with Gasteiger partial charge in [0.15, 0.2) is 0 Å². The average Bonchev–Trinajstić information content (AvgIpc) is 2.90. The van der Waals surface area contributed by atoms with Crippen LogP contribution in [0.15, 0.2) is 103 Å². The molecular formula is C28H20N4O3. The lowest BCUT2D eigenvalue weighted by molar-refractivity contribution is 0.0997. The Bertz CT molecular complexity index is 1530. The zero-order valence-electron chi connectivity index (χ0n) is 18.5. The number of hydrogen-bond acceptors (Lipinski definition) is 5. The van der Waals surface area contributed by atoms with E-state index in [-0.39, 0.29) is 5.91 Å². The molecule has 0 fully saturated rings. The van der Waals surface area contributed by atoms with Crippen molar-refractivity contribution in [1.29, 1.82) is 0 Å². The van der Waals surface area contributed by atoms with Gasteiger partial charge in [0.25, 0.3) is 5.91 Å². The predicted octanol–water partition coefficient (Wildman–Crippen LogP) is 5.44. The Morgan fingerprint density at radius 2 is 1.63 bits per heavy atom. The minimum Gasteiger partial charge on any atom is -0.439 e. The lowest BCUT2D eigenvalue weighted by atomic mass is 10.0. The van der Waals surface area contributed by atoms with Crippen molar-refractivity contribution >= 4 is 28.4 Å². The molecule has 35 heavy (non-hydrogen) atoms. The fourth-order valence-electron chi connectivity index (χ4n) is 3.67. The highest BCUT2D eigenvalue weighted by molar-refractivity contribution is 6.13. The van der Waals surface area contributed by atoms with Crippen molar-refractivity contribution in [2.45, 2.75) is 0 Å². The first-order valence-electron chi connectivity index (χ1n) is 10.9. The number of carbonyl (C=O) groups excluding carboxylic acids is 2. The molecule has 5 aromatic rings. The number of para-hydroxylation sites is 1. The summed E-state index contributed by atoms with van der Waals surface area (Å²) in [5.74, 6) is -0.0708. The first-order valence-corrected chi connectivity index (χ1v) is 10.9. The lowest BCUT2D eigenvalue weighted by Gasteiger charge is -2.11. The summed E-state index contributed by atoms with van der Waals surface area (Å²) in [6.07, 6.45) is 1.51. The number of ether oxygens (including phenoxy) is 1. The second kappa shape index (κ2) is 9.44. The molecule has 2 aromatic heterocycles. The highest BCUT2D eigenvalue weighted by Gasteiger charge is 2.14. The highest BCUT2D eigenvalue weighted by atomic mass is 16.5. The van der Waals surface area contributed by atoms with E-state index >= 15 is 0 Å². The number of fused-ring (bicyclic) bond motifs is 1. The van der Waals surface area contributed by atoms with Gasteiger partial charge in [0, 0.05) is 22.6 Å². The largest absolute Gasteiger partial charge is 0.439 e. The van der Waals surface area contributed by atoms with Crippen LogP contribution < -0.4 is 15.8 Å². The van der Waals surface area contributed by atoms with Crippen LogP contribution in [0.4, 0.5) is 5.69 Å². The molecule has 0 aliphatic heterocycles. The molecule has 0 saturated heterocycles. The van der Waals surface area contributed by atoms with Gasteiger partial charge in [-0.2, -0.15) is 0 Å². The molecule has 0 unspecified atom stereocenters. The van der Waals surface area contributed by atoms with Crippen LogP contribution in [0.1, 0.15) is 20.7 Å². The summed E-state index contributed by atoms with van der Waals surface area (Å²) in [7, 11) is 0. The average molecular weight is 460 g/mol. The smallest absolute Gasteiger partial charge is 0.256 e. The van der Waals surface area contributed by atoms with Crippen molar-refractivity contribution in [2.75, 3.05) is 5.32 Å². The van der Waals surface area contributed by atoms with Gasteiger partial charge in [-0.25, -0.2) is 9.97 Å². The van der Waals surface area contributed by atoms with E-state index in [2.05, 4.69) is 10.3 Å². The van der Waals surface area contributed by atoms with Gasteiger partial charge in [-0.3, -0.25) is 9.59 Å². The lowest BCUT2D eigenvalue weighted by Crippen LogP contribution is -2.13. The van der Waals surface area contributed by atoms with Gasteiger partial charge < -0.3 is 15.8 Å². The highest BCUT2D eigenvalue weighted by Crippen LogP contribution is 2.26. The van der Waals surface area contributed by atoms with E-state index in [0.29, 0.717) is 28.4 Å². The summed E-state index contributed by atoms with van der Waals surface area (Å²) in [6, 6.07) is 28.9. The Balaban J connectivity index is 1.38. The van der Waals surface area contributed by atoms with Crippen LogP contribution in [0.3, 0.4) is 0 Å². The second-order valence-corrected chi connectivity index (χ2v) is 7.77. The quantitative estimate of drug-likeness (QED) is 0.351. The molecule has 0 aliphatic rings. The predicted molar refractivity (Wildman–Crippen MR) is 134 cm³/mol. The Labute approximate surface area is 201 Å². The standard InChI is InChI=1S/C28H20N4O3/c29-27(33)19-9-6-10-21(15-19)35-26-14-13-20(17-30-26)31-28(34)23-16-25(18-7-2-1-3-8-18)32-24-12-5-4-11-22(23)24/h1-17H,(H2,29,33)(H,31,34). The van der Waals surface area contributed by atoms with Crippen LogP contribution >= 0.6 is 0 Å². The number of anilines is 1. The molecule has 7 nitrogen and oxygen atoms in total. The Morgan fingerprint density at radius 3 is 2.40 bits per heavy atom. The molecular weight excluding hydrogens is 440 g/mol. The van der Waals surface area contributed by atoms with Gasteiger partial charge >= 0.3 is 0 Å². The number of nitrogens with two attached hydrogens (primary N) is 1. The number of hydrogen-bond donors (Lipinski definition) is 2. The van der Waals surface area contributed by atoms with Crippen molar-refractivity contribution in [3.63, 3.8) is 0 Å². The van der Waals surface area contributed by atoms with Crippen molar-refractivity contribution in [1.82, 2.24) is 9.97 Å². The van der Waals surface area contributed by atoms with Gasteiger partial charge in [0.2, 0.25) is 11.8 Å². The Hall–Kier alpha value is -5.04. The van der Waals surface area contributed by atoms with Crippen LogP contribution in [-0.2, 0) is 0 Å².